The second kappa shape index (κ2) is 8.25. The third-order valence-electron chi connectivity index (χ3n) is 4.94. The number of aromatic amines is 1. The monoisotopic (exact) mass is 431 g/mol. The zero-order valence-electron chi connectivity index (χ0n) is 16.6. The van der Waals surface area contributed by atoms with Crippen LogP contribution in [0.2, 0.25) is 0 Å². The Kier molecular flexibility index (Phi) is 5.49. The summed E-state index contributed by atoms with van der Waals surface area (Å²) in [6.07, 6.45) is -3.58. The van der Waals surface area contributed by atoms with E-state index in [4.69, 9.17) is 0 Å². The highest BCUT2D eigenvalue weighted by Crippen LogP contribution is 2.29. The molecule has 8 nitrogen and oxygen atoms in total. The summed E-state index contributed by atoms with van der Waals surface area (Å²) in [6, 6.07) is 9.37. The normalized spacial score (nSPS) is 14.6. The van der Waals surface area contributed by atoms with Crippen molar-refractivity contribution < 1.29 is 18.0 Å². The molecule has 0 aliphatic carbocycles. The van der Waals surface area contributed by atoms with Gasteiger partial charge in [0.1, 0.15) is 11.6 Å². The molecule has 2 N–H and O–H groups in total. The van der Waals surface area contributed by atoms with Crippen molar-refractivity contribution in [2.45, 2.75) is 13.1 Å². The molecule has 31 heavy (non-hydrogen) atoms. The lowest BCUT2D eigenvalue weighted by Crippen LogP contribution is -2.50. The van der Waals surface area contributed by atoms with Crippen molar-refractivity contribution in [2.24, 2.45) is 0 Å². The number of rotatable bonds is 3. The van der Waals surface area contributed by atoms with Crippen molar-refractivity contribution in [1.82, 2.24) is 25.1 Å². The molecular weight excluding hydrogens is 411 g/mol. The van der Waals surface area contributed by atoms with Gasteiger partial charge in [0, 0.05) is 43.6 Å². The maximum absolute atomic E-state index is 12.7. The molecule has 0 unspecified atom stereocenters. The number of hydrogen-bond acceptors (Lipinski definition) is 5. The molecule has 0 bridgehead atoms. The summed E-state index contributed by atoms with van der Waals surface area (Å²) in [5, 5.41) is 9.77. The molecule has 1 aliphatic rings. The number of aromatic nitrogens is 4. The summed E-state index contributed by atoms with van der Waals surface area (Å²) < 4.78 is 38.1. The van der Waals surface area contributed by atoms with Gasteiger partial charge in [0.05, 0.1) is 5.56 Å². The highest BCUT2D eigenvalue weighted by atomic mass is 19.4. The predicted octanol–water partition coefficient (Wildman–Crippen LogP) is 3.55. The average Bonchev–Trinajstić information content (AvgIpc) is 3.20. The number of halogens is 3. The van der Waals surface area contributed by atoms with Crippen LogP contribution in [0.25, 0.3) is 11.4 Å². The lowest BCUT2D eigenvalue weighted by atomic mass is 10.2. The Morgan fingerprint density at radius 2 is 1.90 bits per heavy atom. The number of carbonyl (C=O) groups excluding carboxylic acids is 1. The molecule has 162 valence electrons. The van der Waals surface area contributed by atoms with Gasteiger partial charge in [-0.2, -0.15) is 18.3 Å². The van der Waals surface area contributed by atoms with Gasteiger partial charge in [-0.3, -0.25) is 5.10 Å². The molecule has 4 rings (SSSR count). The quantitative estimate of drug-likeness (QED) is 0.662. The van der Waals surface area contributed by atoms with E-state index in [1.54, 1.807) is 17.0 Å². The van der Waals surface area contributed by atoms with Crippen LogP contribution in [-0.2, 0) is 6.18 Å². The van der Waals surface area contributed by atoms with Crippen molar-refractivity contribution >= 4 is 17.5 Å². The molecule has 1 aliphatic heterocycles. The van der Waals surface area contributed by atoms with Crippen LogP contribution in [0.4, 0.5) is 29.5 Å². The number of pyridine rings is 1. The number of alkyl halides is 3. The zero-order chi connectivity index (χ0) is 22.0. The van der Waals surface area contributed by atoms with Crippen LogP contribution in [-0.4, -0.2) is 57.3 Å². The zero-order valence-corrected chi connectivity index (χ0v) is 16.6. The van der Waals surface area contributed by atoms with E-state index in [0.717, 1.165) is 17.8 Å². The molecule has 0 atom stereocenters. The van der Waals surface area contributed by atoms with Gasteiger partial charge < -0.3 is 15.1 Å². The first kappa shape index (κ1) is 20.6. The Labute approximate surface area is 176 Å². The third-order valence-corrected chi connectivity index (χ3v) is 4.94. The maximum Gasteiger partial charge on any atom is 0.417 e. The first-order valence-electron chi connectivity index (χ1n) is 9.63. The van der Waals surface area contributed by atoms with Gasteiger partial charge in [-0.05, 0) is 31.2 Å². The number of nitrogens with zero attached hydrogens (tertiary/aromatic N) is 5. The number of H-pyrrole nitrogens is 1. The average molecular weight is 431 g/mol. The maximum atomic E-state index is 12.7. The van der Waals surface area contributed by atoms with E-state index in [-0.39, 0.29) is 6.03 Å². The van der Waals surface area contributed by atoms with Crippen LogP contribution >= 0.6 is 0 Å². The number of urea groups is 1. The van der Waals surface area contributed by atoms with Crippen LogP contribution in [0.5, 0.6) is 0 Å². The number of amides is 2. The minimum absolute atomic E-state index is 0.247. The van der Waals surface area contributed by atoms with E-state index in [0.29, 0.717) is 49.3 Å². The SMILES string of the molecule is Cc1nc(-c2cccc(NC(=O)N3CCN(c4ccc(C(F)(F)F)cn4)CC3)c2)n[nH]1. The summed E-state index contributed by atoms with van der Waals surface area (Å²) >= 11 is 0. The molecule has 1 saturated heterocycles. The number of anilines is 2. The minimum Gasteiger partial charge on any atom is -0.353 e. The summed E-state index contributed by atoms with van der Waals surface area (Å²) in [5.41, 5.74) is 0.619. The largest absolute Gasteiger partial charge is 0.417 e. The second-order valence-corrected chi connectivity index (χ2v) is 7.13. The number of nitrogens with one attached hydrogen (secondary N) is 2. The van der Waals surface area contributed by atoms with Gasteiger partial charge in [0.15, 0.2) is 5.82 Å². The molecule has 11 heteroatoms. The molecule has 2 amide bonds. The first-order chi connectivity index (χ1) is 14.8. The van der Waals surface area contributed by atoms with E-state index < -0.39 is 11.7 Å². The molecule has 3 aromatic rings. The fraction of sp³-hybridized carbons (Fsp3) is 0.300. The van der Waals surface area contributed by atoms with Crippen LogP contribution in [0.1, 0.15) is 11.4 Å². The Bertz CT molecular complexity index is 1060. The van der Waals surface area contributed by atoms with Gasteiger partial charge in [0.25, 0.3) is 0 Å². The third kappa shape index (κ3) is 4.76. The number of aryl methyl sites for hydroxylation is 1. The summed E-state index contributed by atoms with van der Waals surface area (Å²) in [4.78, 5) is 24.4. The van der Waals surface area contributed by atoms with Crippen molar-refractivity contribution in [1.29, 1.82) is 0 Å². The number of benzene rings is 1. The van der Waals surface area contributed by atoms with Gasteiger partial charge >= 0.3 is 12.2 Å². The molecule has 0 radical (unpaired) electrons. The Balaban J connectivity index is 1.34. The summed E-state index contributed by atoms with van der Waals surface area (Å²) in [6.45, 7) is 3.61. The number of carbonyl (C=O) groups is 1. The smallest absolute Gasteiger partial charge is 0.353 e. The van der Waals surface area contributed by atoms with Crippen LogP contribution < -0.4 is 10.2 Å². The standard InChI is InChI=1S/C20H20F3N7O/c1-13-25-18(28-27-13)14-3-2-4-16(11-14)26-19(31)30-9-7-29(8-10-30)17-6-5-15(12-24-17)20(21,22)23/h2-6,11-12H,7-10H2,1H3,(H,26,31)(H,25,27,28). The lowest BCUT2D eigenvalue weighted by Gasteiger charge is -2.35. The van der Waals surface area contributed by atoms with E-state index in [2.05, 4.69) is 25.5 Å². The highest BCUT2D eigenvalue weighted by Gasteiger charge is 2.31. The molecule has 2 aromatic heterocycles. The van der Waals surface area contributed by atoms with Gasteiger partial charge in [-0.25, -0.2) is 14.8 Å². The van der Waals surface area contributed by atoms with Crippen molar-refractivity contribution in [3.63, 3.8) is 0 Å². The van der Waals surface area contributed by atoms with Gasteiger partial charge in [-0.15, -0.1) is 0 Å². The van der Waals surface area contributed by atoms with E-state index in [1.807, 2.05) is 24.0 Å². The molecule has 1 aromatic carbocycles. The first-order valence-corrected chi connectivity index (χ1v) is 9.63. The van der Waals surface area contributed by atoms with E-state index >= 15 is 0 Å². The number of piperazine rings is 1. The van der Waals surface area contributed by atoms with E-state index in [1.165, 1.54) is 6.07 Å². The van der Waals surface area contributed by atoms with Crippen LogP contribution in [0, 0.1) is 6.92 Å². The lowest BCUT2D eigenvalue weighted by molar-refractivity contribution is -0.137. The molecule has 0 saturated carbocycles. The van der Waals surface area contributed by atoms with Crippen LogP contribution in [0.15, 0.2) is 42.6 Å². The fourth-order valence-electron chi connectivity index (χ4n) is 3.29. The molecular formula is C20H20F3N7O. The highest BCUT2D eigenvalue weighted by molar-refractivity contribution is 5.90. The fourth-order valence-corrected chi connectivity index (χ4v) is 3.29. The summed E-state index contributed by atoms with van der Waals surface area (Å²) in [5.74, 6) is 1.71. The predicted molar refractivity (Wildman–Crippen MR) is 109 cm³/mol. The molecule has 3 heterocycles. The van der Waals surface area contributed by atoms with Crippen molar-refractivity contribution in [2.75, 3.05) is 36.4 Å². The number of hydrogen-bond donors (Lipinski definition) is 2. The van der Waals surface area contributed by atoms with Gasteiger partial charge in [0.2, 0.25) is 0 Å². The molecule has 1 fully saturated rings. The van der Waals surface area contributed by atoms with Crippen molar-refractivity contribution in [3.8, 4) is 11.4 Å². The van der Waals surface area contributed by atoms with Crippen LogP contribution in [0.3, 0.4) is 0 Å². The Morgan fingerprint density at radius 3 is 2.52 bits per heavy atom. The topological polar surface area (TPSA) is 90.0 Å². The Hall–Kier alpha value is -3.63. The van der Waals surface area contributed by atoms with Crippen molar-refractivity contribution in [3.05, 3.63) is 54.0 Å². The minimum atomic E-state index is -4.41. The summed E-state index contributed by atoms with van der Waals surface area (Å²) in [7, 11) is 0. The second-order valence-electron chi connectivity index (χ2n) is 7.13. The van der Waals surface area contributed by atoms with E-state index in [9.17, 15) is 18.0 Å². The van der Waals surface area contributed by atoms with Gasteiger partial charge in [-0.1, -0.05) is 12.1 Å². The molecule has 0 spiro atoms. The Morgan fingerprint density at radius 1 is 1.13 bits per heavy atom.